The molecule has 102 valence electrons. The zero-order chi connectivity index (χ0) is 14.0. The number of hydrogen-bond donors (Lipinski definition) is 1. The second-order valence-electron chi connectivity index (χ2n) is 4.75. The Bertz CT molecular complexity index is 630. The molecule has 1 atom stereocenters. The SMILES string of the molecule is CCCc1n[nH]c(=S)n1C(C)c1ccc(C)c(F)c1. The van der Waals surface area contributed by atoms with E-state index in [0.717, 1.165) is 24.2 Å². The van der Waals surface area contributed by atoms with Crippen molar-refractivity contribution >= 4 is 12.2 Å². The zero-order valence-electron chi connectivity index (χ0n) is 11.4. The Hall–Kier alpha value is -1.49. The molecule has 0 spiro atoms. The lowest BCUT2D eigenvalue weighted by Crippen LogP contribution is -2.11. The third-order valence-electron chi connectivity index (χ3n) is 3.32. The molecule has 0 bridgehead atoms. The summed E-state index contributed by atoms with van der Waals surface area (Å²) in [4.78, 5) is 0. The van der Waals surface area contributed by atoms with Gasteiger partial charge in [-0.3, -0.25) is 9.67 Å². The third-order valence-corrected chi connectivity index (χ3v) is 3.60. The lowest BCUT2D eigenvalue weighted by atomic mass is 10.1. The molecule has 19 heavy (non-hydrogen) atoms. The van der Waals surface area contributed by atoms with E-state index in [2.05, 4.69) is 17.1 Å². The van der Waals surface area contributed by atoms with Crippen molar-refractivity contribution in [1.29, 1.82) is 0 Å². The highest BCUT2D eigenvalue weighted by molar-refractivity contribution is 7.71. The summed E-state index contributed by atoms with van der Waals surface area (Å²) in [5.41, 5.74) is 1.55. The largest absolute Gasteiger partial charge is 0.297 e. The molecule has 2 aromatic rings. The standard InChI is InChI=1S/C14H18FN3S/c1-4-5-13-16-17-14(19)18(13)10(3)11-7-6-9(2)12(15)8-11/h6-8,10H,4-5H2,1-3H3,(H,17,19). The Balaban J connectivity index is 2.43. The molecule has 5 heteroatoms. The van der Waals surface area contributed by atoms with E-state index in [-0.39, 0.29) is 11.9 Å². The van der Waals surface area contributed by atoms with Gasteiger partial charge in [0.1, 0.15) is 11.6 Å². The first-order valence-corrected chi connectivity index (χ1v) is 6.87. The monoisotopic (exact) mass is 279 g/mol. The van der Waals surface area contributed by atoms with E-state index < -0.39 is 0 Å². The van der Waals surface area contributed by atoms with Gasteiger partial charge in [-0.15, -0.1) is 0 Å². The van der Waals surface area contributed by atoms with Gasteiger partial charge in [0.05, 0.1) is 6.04 Å². The lowest BCUT2D eigenvalue weighted by Gasteiger charge is -2.16. The number of rotatable bonds is 4. The molecule has 1 N–H and O–H groups in total. The van der Waals surface area contributed by atoms with Crippen molar-refractivity contribution < 1.29 is 4.39 Å². The van der Waals surface area contributed by atoms with Gasteiger partial charge >= 0.3 is 0 Å². The van der Waals surface area contributed by atoms with E-state index in [9.17, 15) is 4.39 Å². The number of aryl methyl sites for hydroxylation is 2. The second-order valence-corrected chi connectivity index (χ2v) is 5.14. The fraction of sp³-hybridized carbons (Fsp3) is 0.429. The molecule has 2 rings (SSSR count). The average molecular weight is 279 g/mol. The normalized spacial score (nSPS) is 12.6. The molecular weight excluding hydrogens is 261 g/mol. The van der Waals surface area contributed by atoms with Crippen LogP contribution in [0.15, 0.2) is 18.2 Å². The maximum Gasteiger partial charge on any atom is 0.195 e. The minimum atomic E-state index is -0.184. The highest BCUT2D eigenvalue weighted by atomic mass is 32.1. The molecule has 1 unspecified atom stereocenters. The second kappa shape index (κ2) is 5.65. The van der Waals surface area contributed by atoms with Crippen LogP contribution in [0.2, 0.25) is 0 Å². The minimum Gasteiger partial charge on any atom is -0.297 e. The summed E-state index contributed by atoms with van der Waals surface area (Å²) < 4.78 is 16.2. The first-order valence-electron chi connectivity index (χ1n) is 6.46. The van der Waals surface area contributed by atoms with Crippen LogP contribution in [0, 0.1) is 17.5 Å². The van der Waals surface area contributed by atoms with Crippen LogP contribution >= 0.6 is 12.2 Å². The van der Waals surface area contributed by atoms with Crippen LogP contribution in [0.1, 0.15) is 43.3 Å². The minimum absolute atomic E-state index is 0.0251. The van der Waals surface area contributed by atoms with E-state index in [1.807, 2.05) is 17.6 Å². The molecule has 3 nitrogen and oxygen atoms in total. The maximum absolute atomic E-state index is 13.7. The van der Waals surface area contributed by atoms with Gasteiger partial charge in [-0.25, -0.2) is 4.39 Å². The Morgan fingerprint density at radius 3 is 2.84 bits per heavy atom. The van der Waals surface area contributed by atoms with E-state index in [4.69, 9.17) is 12.2 Å². The van der Waals surface area contributed by atoms with E-state index >= 15 is 0 Å². The van der Waals surface area contributed by atoms with Crippen LogP contribution in [0.4, 0.5) is 4.39 Å². The molecule has 0 aliphatic heterocycles. The number of aromatic nitrogens is 3. The van der Waals surface area contributed by atoms with Crippen LogP contribution in [-0.2, 0) is 6.42 Å². The van der Waals surface area contributed by atoms with Crippen molar-refractivity contribution in [3.05, 3.63) is 45.7 Å². The van der Waals surface area contributed by atoms with Crippen molar-refractivity contribution in [3.63, 3.8) is 0 Å². The highest BCUT2D eigenvalue weighted by Gasteiger charge is 2.15. The average Bonchev–Trinajstić information content (AvgIpc) is 2.74. The molecule has 0 fully saturated rings. The number of nitrogens with zero attached hydrogens (tertiary/aromatic N) is 2. The summed E-state index contributed by atoms with van der Waals surface area (Å²) in [6, 6.07) is 5.28. The number of H-pyrrole nitrogens is 1. The molecule has 1 aromatic carbocycles. The summed E-state index contributed by atoms with van der Waals surface area (Å²) in [5, 5.41) is 7.06. The molecule has 1 heterocycles. The first kappa shape index (κ1) is 13.9. The number of hydrogen-bond acceptors (Lipinski definition) is 2. The number of aromatic amines is 1. The number of halogens is 1. The predicted octanol–water partition coefficient (Wildman–Crippen LogP) is 3.95. The molecule has 0 saturated heterocycles. The molecule has 0 radical (unpaired) electrons. The Morgan fingerprint density at radius 1 is 1.47 bits per heavy atom. The molecular formula is C14H18FN3S. The molecule has 1 aromatic heterocycles. The van der Waals surface area contributed by atoms with Crippen molar-refractivity contribution in [2.24, 2.45) is 0 Å². The van der Waals surface area contributed by atoms with Crippen molar-refractivity contribution in [2.75, 3.05) is 0 Å². The Morgan fingerprint density at radius 2 is 2.21 bits per heavy atom. The van der Waals surface area contributed by atoms with Crippen molar-refractivity contribution in [1.82, 2.24) is 14.8 Å². The highest BCUT2D eigenvalue weighted by Crippen LogP contribution is 2.22. The number of nitrogens with one attached hydrogen (secondary N) is 1. The fourth-order valence-corrected chi connectivity index (χ4v) is 2.46. The fourth-order valence-electron chi connectivity index (χ4n) is 2.15. The Labute approximate surface area is 117 Å². The van der Waals surface area contributed by atoms with Crippen LogP contribution in [0.5, 0.6) is 0 Å². The summed E-state index contributed by atoms with van der Waals surface area (Å²) in [5.74, 6) is 0.734. The van der Waals surface area contributed by atoms with Crippen molar-refractivity contribution in [2.45, 2.75) is 39.7 Å². The molecule has 0 amide bonds. The van der Waals surface area contributed by atoms with E-state index in [1.165, 1.54) is 0 Å². The quantitative estimate of drug-likeness (QED) is 0.860. The summed E-state index contributed by atoms with van der Waals surface area (Å²) in [7, 11) is 0. The van der Waals surface area contributed by atoms with Gasteiger partial charge in [0.15, 0.2) is 4.77 Å². The van der Waals surface area contributed by atoms with Gasteiger partial charge in [0, 0.05) is 6.42 Å². The molecule has 0 aliphatic carbocycles. The maximum atomic E-state index is 13.7. The Kier molecular flexibility index (Phi) is 4.14. The lowest BCUT2D eigenvalue weighted by molar-refractivity contribution is 0.574. The van der Waals surface area contributed by atoms with Crippen LogP contribution in [0.3, 0.4) is 0 Å². The van der Waals surface area contributed by atoms with Gasteiger partial charge in [-0.05, 0) is 49.7 Å². The topological polar surface area (TPSA) is 33.6 Å². The zero-order valence-corrected chi connectivity index (χ0v) is 12.2. The molecule has 0 saturated carbocycles. The predicted molar refractivity (Wildman–Crippen MR) is 76.4 cm³/mol. The van der Waals surface area contributed by atoms with Crippen LogP contribution < -0.4 is 0 Å². The van der Waals surface area contributed by atoms with Gasteiger partial charge in [0.25, 0.3) is 0 Å². The summed E-state index contributed by atoms with van der Waals surface area (Å²) in [6.45, 7) is 5.86. The third kappa shape index (κ3) is 2.76. The van der Waals surface area contributed by atoms with Crippen LogP contribution in [-0.4, -0.2) is 14.8 Å². The van der Waals surface area contributed by atoms with E-state index in [0.29, 0.717) is 10.3 Å². The number of benzene rings is 1. The van der Waals surface area contributed by atoms with Gasteiger partial charge in [-0.1, -0.05) is 19.1 Å². The summed E-state index contributed by atoms with van der Waals surface area (Å²) >= 11 is 5.27. The first-order chi connectivity index (χ1) is 9.04. The van der Waals surface area contributed by atoms with Gasteiger partial charge in [-0.2, -0.15) is 5.10 Å². The smallest absolute Gasteiger partial charge is 0.195 e. The van der Waals surface area contributed by atoms with Crippen LogP contribution in [0.25, 0.3) is 0 Å². The van der Waals surface area contributed by atoms with Crippen molar-refractivity contribution in [3.8, 4) is 0 Å². The summed E-state index contributed by atoms with van der Waals surface area (Å²) in [6.07, 6.45) is 1.85. The molecule has 0 aliphatic rings. The van der Waals surface area contributed by atoms with E-state index in [1.54, 1.807) is 19.1 Å². The van der Waals surface area contributed by atoms with Gasteiger partial charge < -0.3 is 0 Å². The van der Waals surface area contributed by atoms with Gasteiger partial charge in [0.2, 0.25) is 0 Å².